The van der Waals surface area contributed by atoms with Crippen molar-refractivity contribution in [3.8, 4) is 6.07 Å². The summed E-state index contributed by atoms with van der Waals surface area (Å²) in [6, 6.07) is 14.5. The maximum absolute atomic E-state index is 9.49. The van der Waals surface area contributed by atoms with Crippen LogP contribution in [0.25, 0.3) is 10.9 Å². The zero-order chi connectivity index (χ0) is 24.4. The van der Waals surface area contributed by atoms with Gasteiger partial charge in [0.2, 0.25) is 0 Å². The molecule has 3 unspecified atom stereocenters. The van der Waals surface area contributed by atoms with E-state index in [-0.39, 0.29) is 18.8 Å². The number of benzene rings is 1. The third-order valence-corrected chi connectivity index (χ3v) is 6.81. The minimum absolute atomic E-state index is 0.0502. The van der Waals surface area contributed by atoms with Crippen molar-refractivity contribution >= 4 is 22.3 Å². The van der Waals surface area contributed by atoms with Gasteiger partial charge >= 0.3 is 0 Å². The Labute approximate surface area is 206 Å². The van der Waals surface area contributed by atoms with Crippen LogP contribution in [0.2, 0.25) is 0 Å². The van der Waals surface area contributed by atoms with Crippen LogP contribution in [0.3, 0.4) is 0 Å². The van der Waals surface area contributed by atoms with Gasteiger partial charge in [0, 0.05) is 67.4 Å². The van der Waals surface area contributed by atoms with Gasteiger partial charge in [0.15, 0.2) is 0 Å². The van der Waals surface area contributed by atoms with Crippen molar-refractivity contribution in [3.63, 3.8) is 0 Å². The number of ether oxygens (including phenoxy) is 1. The van der Waals surface area contributed by atoms with Crippen LogP contribution in [-0.2, 0) is 11.3 Å². The Morgan fingerprint density at radius 1 is 1.23 bits per heavy atom. The number of aromatic nitrogens is 2. The number of nitrogens with zero attached hydrogens (tertiary/aromatic N) is 5. The van der Waals surface area contributed by atoms with Gasteiger partial charge in [-0.2, -0.15) is 5.26 Å². The van der Waals surface area contributed by atoms with Crippen molar-refractivity contribution in [2.45, 2.75) is 45.1 Å². The molecule has 2 aromatic heterocycles. The summed E-state index contributed by atoms with van der Waals surface area (Å²) in [5.74, 6) is 0. The topological polar surface area (TPSA) is 97.5 Å². The molecule has 2 N–H and O–H groups in total. The first-order valence-electron chi connectivity index (χ1n) is 12.3. The number of rotatable bonds is 6. The van der Waals surface area contributed by atoms with Gasteiger partial charge in [0.05, 0.1) is 35.6 Å². The number of nitriles is 1. The van der Waals surface area contributed by atoms with Gasteiger partial charge in [-0.05, 0) is 56.7 Å². The highest BCUT2D eigenvalue weighted by atomic mass is 16.5. The van der Waals surface area contributed by atoms with Crippen LogP contribution in [0.1, 0.15) is 30.3 Å². The molecule has 35 heavy (non-hydrogen) atoms. The van der Waals surface area contributed by atoms with Gasteiger partial charge in [0.1, 0.15) is 6.07 Å². The Hall–Kier alpha value is -3.25. The number of aryl methyl sites for hydroxylation is 1. The predicted octanol–water partition coefficient (Wildman–Crippen LogP) is 3.08. The maximum atomic E-state index is 9.49. The SMILES string of the molecule is Cc1cc(NC2CCN(CC3CN(c4ccc(C#N)c5ncccc45)CC(C)O3)C2)cc(CO)n1. The van der Waals surface area contributed by atoms with Gasteiger partial charge in [0.25, 0.3) is 0 Å². The Balaban J connectivity index is 1.25. The highest BCUT2D eigenvalue weighted by Crippen LogP contribution is 2.30. The Bertz CT molecular complexity index is 1240. The molecule has 3 atom stereocenters. The monoisotopic (exact) mass is 472 g/mol. The van der Waals surface area contributed by atoms with Crippen LogP contribution in [0.4, 0.5) is 11.4 Å². The molecule has 8 heteroatoms. The molecule has 8 nitrogen and oxygen atoms in total. The Morgan fingerprint density at radius 3 is 2.94 bits per heavy atom. The number of pyridine rings is 2. The normalized spacial score (nSPS) is 22.9. The molecular formula is C27H32N6O2. The largest absolute Gasteiger partial charge is 0.390 e. The molecule has 5 rings (SSSR count). The highest BCUT2D eigenvalue weighted by Gasteiger charge is 2.31. The minimum atomic E-state index is -0.0502. The number of likely N-dealkylation sites (tertiary alicyclic amines) is 1. The highest BCUT2D eigenvalue weighted by molar-refractivity contribution is 5.95. The molecule has 0 radical (unpaired) electrons. The zero-order valence-electron chi connectivity index (χ0n) is 20.3. The fourth-order valence-corrected chi connectivity index (χ4v) is 5.41. The van der Waals surface area contributed by atoms with Crippen LogP contribution >= 0.6 is 0 Å². The number of aliphatic hydroxyl groups is 1. The lowest BCUT2D eigenvalue weighted by Gasteiger charge is -2.40. The lowest BCUT2D eigenvalue weighted by atomic mass is 10.1. The van der Waals surface area contributed by atoms with Crippen LogP contribution < -0.4 is 10.2 Å². The molecule has 2 aliphatic rings. The van der Waals surface area contributed by atoms with Crippen molar-refractivity contribution in [2.24, 2.45) is 0 Å². The van der Waals surface area contributed by atoms with E-state index in [1.807, 2.05) is 43.3 Å². The summed E-state index contributed by atoms with van der Waals surface area (Å²) in [4.78, 5) is 13.7. The average Bonchev–Trinajstić information content (AvgIpc) is 3.28. The third kappa shape index (κ3) is 5.22. The molecule has 0 spiro atoms. The number of aliphatic hydroxyl groups excluding tert-OH is 1. The molecule has 3 aromatic rings. The fraction of sp³-hybridized carbons (Fsp3) is 0.444. The summed E-state index contributed by atoms with van der Waals surface area (Å²) in [6.07, 6.45) is 3.02. The number of fused-ring (bicyclic) bond motifs is 1. The van der Waals surface area contributed by atoms with E-state index < -0.39 is 0 Å². The van der Waals surface area contributed by atoms with Gasteiger partial charge in [-0.3, -0.25) is 14.9 Å². The van der Waals surface area contributed by atoms with Crippen molar-refractivity contribution in [2.75, 3.05) is 42.9 Å². The standard InChI is InChI=1S/C27H32N6O2/c1-18-10-22(11-23(17-34)30-18)31-21-7-9-32(14-21)15-24-16-33(13-19(2)35-24)26-6-5-20(12-28)27-25(26)4-3-8-29-27/h3-6,8,10-11,19,21,24,34H,7,9,13-17H2,1-2H3,(H,30,31). The van der Waals surface area contributed by atoms with E-state index in [4.69, 9.17) is 4.74 Å². The van der Waals surface area contributed by atoms with Gasteiger partial charge < -0.3 is 20.1 Å². The van der Waals surface area contributed by atoms with E-state index in [0.717, 1.165) is 67.1 Å². The molecule has 0 aliphatic carbocycles. The summed E-state index contributed by atoms with van der Waals surface area (Å²) in [5, 5.41) is 23.6. The summed E-state index contributed by atoms with van der Waals surface area (Å²) >= 11 is 0. The molecule has 1 aromatic carbocycles. The van der Waals surface area contributed by atoms with E-state index >= 15 is 0 Å². The quantitative estimate of drug-likeness (QED) is 0.565. The summed E-state index contributed by atoms with van der Waals surface area (Å²) in [6.45, 7) is 8.49. The maximum Gasteiger partial charge on any atom is 0.101 e. The van der Waals surface area contributed by atoms with Crippen LogP contribution in [0.5, 0.6) is 0 Å². The molecular weight excluding hydrogens is 440 g/mol. The number of hydrogen-bond donors (Lipinski definition) is 2. The molecule has 0 saturated carbocycles. The second-order valence-corrected chi connectivity index (χ2v) is 9.65. The van der Waals surface area contributed by atoms with Gasteiger partial charge in [-0.1, -0.05) is 0 Å². The lowest BCUT2D eigenvalue weighted by molar-refractivity contribution is -0.0294. The van der Waals surface area contributed by atoms with E-state index in [0.29, 0.717) is 17.3 Å². The first-order valence-corrected chi connectivity index (χ1v) is 12.3. The second kappa shape index (κ2) is 10.2. The zero-order valence-corrected chi connectivity index (χ0v) is 20.3. The second-order valence-electron chi connectivity index (χ2n) is 9.65. The molecule has 182 valence electrons. The van der Waals surface area contributed by atoms with Crippen LogP contribution in [0.15, 0.2) is 42.6 Å². The predicted molar refractivity (Wildman–Crippen MR) is 136 cm³/mol. The summed E-state index contributed by atoms with van der Waals surface area (Å²) in [5.41, 5.74) is 5.09. The first-order chi connectivity index (χ1) is 17.0. The lowest BCUT2D eigenvalue weighted by Crippen LogP contribution is -2.50. The third-order valence-electron chi connectivity index (χ3n) is 6.81. The van der Waals surface area contributed by atoms with Crippen molar-refractivity contribution in [1.29, 1.82) is 5.26 Å². The molecule has 4 heterocycles. The van der Waals surface area contributed by atoms with Crippen molar-refractivity contribution in [1.82, 2.24) is 14.9 Å². The number of hydrogen-bond acceptors (Lipinski definition) is 8. The Kier molecular flexibility index (Phi) is 6.82. The van der Waals surface area contributed by atoms with Crippen molar-refractivity contribution < 1.29 is 9.84 Å². The van der Waals surface area contributed by atoms with Gasteiger partial charge in [-0.25, -0.2) is 0 Å². The van der Waals surface area contributed by atoms with Crippen LogP contribution in [-0.4, -0.2) is 70.9 Å². The van der Waals surface area contributed by atoms with E-state index in [1.165, 1.54) is 0 Å². The van der Waals surface area contributed by atoms with E-state index in [2.05, 4.69) is 38.1 Å². The van der Waals surface area contributed by atoms with Crippen molar-refractivity contribution in [3.05, 3.63) is 59.5 Å². The first kappa shape index (κ1) is 23.5. The molecule has 0 amide bonds. The molecule has 0 bridgehead atoms. The van der Waals surface area contributed by atoms with E-state index in [9.17, 15) is 10.4 Å². The van der Waals surface area contributed by atoms with Gasteiger partial charge in [-0.15, -0.1) is 0 Å². The van der Waals surface area contributed by atoms with Crippen LogP contribution in [0, 0.1) is 18.3 Å². The smallest absolute Gasteiger partial charge is 0.101 e. The average molecular weight is 473 g/mol. The molecule has 2 aliphatic heterocycles. The fourth-order valence-electron chi connectivity index (χ4n) is 5.41. The minimum Gasteiger partial charge on any atom is -0.390 e. The van der Waals surface area contributed by atoms with E-state index in [1.54, 1.807) is 6.20 Å². The summed E-state index contributed by atoms with van der Waals surface area (Å²) < 4.78 is 6.35. The molecule has 2 fully saturated rings. The number of morpholine rings is 1. The Morgan fingerprint density at radius 2 is 2.11 bits per heavy atom. The number of anilines is 2. The number of nitrogens with one attached hydrogen (secondary N) is 1. The summed E-state index contributed by atoms with van der Waals surface area (Å²) in [7, 11) is 0. The molecule has 2 saturated heterocycles.